The molecule has 0 radical (unpaired) electrons. The van der Waals surface area contributed by atoms with Crippen LogP contribution in [-0.4, -0.2) is 30.8 Å². The van der Waals surface area contributed by atoms with Gasteiger partial charge in [-0.15, -0.1) is 0 Å². The molecule has 0 fully saturated rings. The fraction of sp³-hybridized carbons (Fsp3) is 0.364. The summed E-state index contributed by atoms with van der Waals surface area (Å²) in [5, 5.41) is 11.3. The second-order valence-corrected chi connectivity index (χ2v) is 4.54. The zero-order valence-electron chi connectivity index (χ0n) is 9.79. The molecule has 0 saturated carbocycles. The Hall–Kier alpha value is -1.28. The highest BCUT2D eigenvalue weighted by Gasteiger charge is 2.33. The molecule has 1 aromatic rings. The van der Waals surface area contributed by atoms with Gasteiger partial charge in [-0.05, 0) is 18.2 Å². The normalized spacial score (nSPS) is 13.1. The molecule has 0 amide bonds. The smallest absolute Gasteiger partial charge is 0.417 e. The number of methoxy groups -OCH3 is 1. The Morgan fingerprint density at radius 2 is 2.16 bits per heavy atom. The second-order valence-electron chi connectivity index (χ2n) is 3.68. The van der Waals surface area contributed by atoms with Gasteiger partial charge in [0.2, 0.25) is 0 Å². The summed E-state index contributed by atoms with van der Waals surface area (Å²) in [5.41, 5.74) is -0.820. The van der Waals surface area contributed by atoms with Crippen LogP contribution in [0.4, 0.5) is 18.9 Å². The summed E-state index contributed by atoms with van der Waals surface area (Å²) in [6.07, 6.45) is -4.52. The van der Waals surface area contributed by atoms with Crippen LogP contribution in [0.5, 0.6) is 0 Å². The molecule has 0 bridgehead atoms. The van der Waals surface area contributed by atoms with Crippen LogP contribution < -0.4 is 5.32 Å². The van der Waals surface area contributed by atoms with Crippen molar-refractivity contribution in [3.05, 3.63) is 28.2 Å². The number of rotatable bonds is 5. The van der Waals surface area contributed by atoms with E-state index in [1.165, 1.54) is 19.2 Å². The Labute approximate surface area is 115 Å². The molecule has 4 nitrogen and oxygen atoms in total. The van der Waals surface area contributed by atoms with Gasteiger partial charge in [0.15, 0.2) is 0 Å². The van der Waals surface area contributed by atoms with Gasteiger partial charge in [-0.25, -0.2) is 4.79 Å². The number of hydrogen-bond acceptors (Lipinski definition) is 3. The highest BCUT2D eigenvalue weighted by atomic mass is 79.9. The minimum Gasteiger partial charge on any atom is -0.480 e. The number of hydrogen-bond donors (Lipinski definition) is 2. The van der Waals surface area contributed by atoms with E-state index in [-0.39, 0.29) is 16.8 Å². The minimum atomic E-state index is -4.52. The zero-order chi connectivity index (χ0) is 14.6. The van der Waals surface area contributed by atoms with E-state index in [9.17, 15) is 18.0 Å². The third-order valence-corrected chi connectivity index (χ3v) is 2.94. The minimum absolute atomic E-state index is 0.0555. The van der Waals surface area contributed by atoms with E-state index in [0.29, 0.717) is 0 Å². The van der Waals surface area contributed by atoms with Crippen molar-refractivity contribution in [1.29, 1.82) is 0 Å². The summed E-state index contributed by atoms with van der Waals surface area (Å²) in [6.45, 7) is -0.160. The summed E-state index contributed by atoms with van der Waals surface area (Å²) >= 11 is 2.80. The first-order chi connectivity index (χ1) is 8.75. The first-order valence-electron chi connectivity index (χ1n) is 5.10. The lowest BCUT2D eigenvalue weighted by atomic mass is 10.2. The van der Waals surface area contributed by atoms with Gasteiger partial charge in [-0.3, -0.25) is 0 Å². The highest BCUT2D eigenvalue weighted by Crippen LogP contribution is 2.36. The molecule has 106 valence electrons. The Balaban J connectivity index is 2.99. The number of carboxylic acid groups (broad SMARTS) is 1. The van der Waals surface area contributed by atoms with Crippen molar-refractivity contribution in [3.63, 3.8) is 0 Å². The molecule has 1 unspecified atom stereocenters. The number of carboxylic acids is 1. The average Bonchev–Trinajstić information content (AvgIpc) is 2.29. The Bertz CT molecular complexity index is 465. The molecule has 1 rings (SSSR count). The molecule has 0 aromatic heterocycles. The van der Waals surface area contributed by atoms with Crippen LogP contribution >= 0.6 is 15.9 Å². The van der Waals surface area contributed by atoms with Crippen LogP contribution in [0.1, 0.15) is 5.56 Å². The highest BCUT2D eigenvalue weighted by molar-refractivity contribution is 9.10. The van der Waals surface area contributed by atoms with Gasteiger partial charge in [0.1, 0.15) is 6.04 Å². The van der Waals surface area contributed by atoms with Gasteiger partial charge in [0.05, 0.1) is 12.2 Å². The molecule has 1 aromatic carbocycles. The number of nitrogens with one attached hydrogen (secondary N) is 1. The molecule has 8 heteroatoms. The van der Waals surface area contributed by atoms with E-state index in [2.05, 4.69) is 26.0 Å². The number of ether oxygens (including phenoxy) is 1. The number of anilines is 1. The Kier molecular flexibility index (Phi) is 5.19. The molecular formula is C11H11BrF3NO3. The van der Waals surface area contributed by atoms with E-state index >= 15 is 0 Å². The lowest BCUT2D eigenvalue weighted by Crippen LogP contribution is -2.33. The maximum absolute atomic E-state index is 12.7. The number of aliphatic carboxylic acids is 1. The van der Waals surface area contributed by atoms with Crippen LogP contribution in [0.2, 0.25) is 0 Å². The van der Waals surface area contributed by atoms with Gasteiger partial charge in [-0.1, -0.05) is 15.9 Å². The van der Waals surface area contributed by atoms with Crippen molar-refractivity contribution < 1.29 is 27.8 Å². The first kappa shape index (κ1) is 15.8. The molecule has 0 aliphatic rings. The van der Waals surface area contributed by atoms with Crippen molar-refractivity contribution in [2.24, 2.45) is 0 Å². The van der Waals surface area contributed by atoms with E-state index in [4.69, 9.17) is 5.11 Å². The quantitative estimate of drug-likeness (QED) is 0.864. The van der Waals surface area contributed by atoms with Crippen molar-refractivity contribution in [3.8, 4) is 0 Å². The lowest BCUT2D eigenvalue weighted by Gasteiger charge is -2.17. The van der Waals surface area contributed by atoms with Crippen molar-refractivity contribution >= 4 is 27.6 Å². The maximum Gasteiger partial charge on any atom is 0.417 e. The fourth-order valence-corrected chi connectivity index (χ4v) is 1.85. The maximum atomic E-state index is 12.7. The summed E-state index contributed by atoms with van der Waals surface area (Å²) < 4.78 is 42.6. The van der Waals surface area contributed by atoms with Crippen LogP contribution in [0.25, 0.3) is 0 Å². The SMILES string of the molecule is COCC(Nc1ccc(Br)c(C(F)(F)F)c1)C(=O)O. The van der Waals surface area contributed by atoms with Gasteiger partial charge in [-0.2, -0.15) is 13.2 Å². The predicted octanol–water partition coefficient (Wildman–Crippen LogP) is 2.98. The van der Waals surface area contributed by atoms with E-state index in [1.807, 2.05) is 0 Å². The number of carbonyl (C=O) groups is 1. The second kappa shape index (κ2) is 6.25. The van der Waals surface area contributed by atoms with Crippen molar-refractivity contribution in [2.45, 2.75) is 12.2 Å². The summed E-state index contributed by atoms with van der Waals surface area (Å²) in [4.78, 5) is 10.9. The molecule has 0 spiro atoms. The Morgan fingerprint density at radius 1 is 1.53 bits per heavy atom. The average molecular weight is 342 g/mol. The van der Waals surface area contributed by atoms with Crippen molar-refractivity contribution in [1.82, 2.24) is 0 Å². The van der Waals surface area contributed by atoms with Crippen LogP contribution in [0.15, 0.2) is 22.7 Å². The molecule has 2 N–H and O–H groups in total. The largest absolute Gasteiger partial charge is 0.480 e. The number of alkyl halides is 3. The van der Waals surface area contributed by atoms with Crippen LogP contribution in [-0.2, 0) is 15.7 Å². The third kappa shape index (κ3) is 4.39. The first-order valence-corrected chi connectivity index (χ1v) is 5.90. The lowest BCUT2D eigenvalue weighted by molar-refractivity contribution is -0.139. The number of halogens is 4. The number of benzene rings is 1. The monoisotopic (exact) mass is 341 g/mol. The molecule has 0 aliphatic heterocycles. The van der Waals surface area contributed by atoms with E-state index in [0.717, 1.165) is 6.07 Å². The summed E-state index contributed by atoms with van der Waals surface area (Å²) in [6, 6.07) is 2.28. The van der Waals surface area contributed by atoms with E-state index < -0.39 is 23.8 Å². The van der Waals surface area contributed by atoms with E-state index in [1.54, 1.807) is 0 Å². The fourth-order valence-electron chi connectivity index (χ4n) is 1.37. The third-order valence-electron chi connectivity index (χ3n) is 2.24. The van der Waals surface area contributed by atoms with Gasteiger partial charge >= 0.3 is 12.1 Å². The van der Waals surface area contributed by atoms with Gasteiger partial charge in [0.25, 0.3) is 0 Å². The van der Waals surface area contributed by atoms with Crippen molar-refractivity contribution in [2.75, 3.05) is 19.0 Å². The van der Waals surface area contributed by atoms with Crippen LogP contribution in [0, 0.1) is 0 Å². The summed E-state index contributed by atoms with van der Waals surface area (Å²) in [5.74, 6) is -1.21. The molecule has 19 heavy (non-hydrogen) atoms. The molecular weight excluding hydrogens is 331 g/mol. The Morgan fingerprint density at radius 3 is 2.63 bits per heavy atom. The standard InChI is InChI=1S/C11H11BrF3NO3/c1-19-5-9(10(17)18)16-6-2-3-8(12)7(4-6)11(13,14)15/h2-4,9,16H,5H2,1H3,(H,17,18). The van der Waals surface area contributed by atoms with Crippen LogP contribution in [0.3, 0.4) is 0 Å². The molecule has 0 heterocycles. The topological polar surface area (TPSA) is 58.6 Å². The van der Waals surface area contributed by atoms with Gasteiger partial charge < -0.3 is 15.2 Å². The zero-order valence-corrected chi connectivity index (χ0v) is 11.4. The molecule has 1 atom stereocenters. The van der Waals surface area contributed by atoms with Gasteiger partial charge in [0, 0.05) is 17.3 Å². The predicted molar refractivity (Wildman–Crippen MR) is 66.1 cm³/mol. The molecule has 0 saturated heterocycles. The molecule has 0 aliphatic carbocycles. The summed E-state index contributed by atoms with van der Waals surface area (Å²) in [7, 11) is 1.31.